The lowest BCUT2D eigenvalue weighted by molar-refractivity contribution is 0.0624. The summed E-state index contributed by atoms with van der Waals surface area (Å²) in [5.74, 6) is -0.0257. The lowest BCUT2D eigenvalue weighted by Gasteiger charge is -2.18. The van der Waals surface area contributed by atoms with Crippen molar-refractivity contribution in [1.29, 1.82) is 0 Å². The van der Waals surface area contributed by atoms with Crippen LogP contribution in [-0.2, 0) is 7.05 Å². The molecule has 0 saturated carbocycles. The van der Waals surface area contributed by atoms with E-state index in [0.29, 0.717) is 16.7 Å². The van der Waals surface area contributed by atoms with Gasteiger partial charge in [-0.1, -0.05) is 0 Å². The van der Waals surface area contributed by atoms with Gasteiger partial charge in [0.25, 0.3) is 0 Å². The molecule has 1 heterocycles. The third-order valence-corrected chi connectivity index (χ3v) is 4.12. The Balaban J connectivity index is 3.01. The van der Waals surface area contributed by atoms with E-state index in [1.807, 2.05) is 0 Å². The van der Waals surface area contributed by atoms with Crippen molar-refractivity contribution in [2.45, 2.75) is 34.2 Å². The maximum atomic E-state index is 12.9. The number of halogens is 2. The first-order valence-corrected chi connectivity index (χ1v) is 6.59. The highest BCUT2D eigenvalue weighted by molar-refractivity contribution is 5.60. The fraction of sp³-hybridized carbons (Fsp3) is 0.429. The first-order valence-electron chi connectivity index (χ1n) is 6.59. The van der Waals surface area contributed by atoms with Gasteiger partial charge < -0.3 is 5.11 Å². The van der Waals surface area contributed by atoms with Gasteiger partial charge in [0.2, 0.25) is 0 Å². The summed E-state index contributed by atoms with van der Waals surface area (Å²) in [6.45, 7) is 3.52. The quantitative estimate of drug-likeness (QED) is 0.917. The maximum absolute atomic E-state index is 12.9. The van der Waals surface area contributed by atoms with Gasteiger partial charge in [0.1, 0.15) is 5.75 Å². The van der Waals surface area contributed by atoms with E-state index in [1.54, 1.807) is 27.7 Å². The minimum absolute atomic E-state index is 0.0257. The smallest absolute Gasteiger partial charge is 0.356 e. The van der Waals surface area contributed by atoms with Crippen LogP contribution >= 0.6 is 0 Å². The summed E-state index contributed by atoms with van der Waals surface area (Å²) in [5, 5.41) is 10.2. The Labute approximate surface area is 124 Å². The Morgan fingerprint density at radius 2 is 1.45 bits per heavy atom. The predicted molar refractivity (Wildman–Crippen MR) is 77.1 cm³/mol. The number of rotatable bonds is 2. The molecule has 0 amide bonds. The van der Waals surface area contributed by atoms with Gasteiger partial charge in [-0.25, -0.2) is 14.3 Å². The van der Waals surface area contributed by atoms with Crippen LogP contribution in [0.1, 0.15) is 28.8 Å². The number of aromatic nitrogens is 3. The van der Waals surface area contributed by atoms with Gasteiger partial charge in [0.05, 0.1) is 5.69 Å². The number of alkyl halides is 2. The SMILES string of the molecule is Cc1c(C)c(O)c(C)c(-n2c(=O)n(C(F)F)c(=O)n2C)c1C. The molecule has 6 nitrogen and oxygen atoms in total. The Morgan fingerprint density at radius 1 is 0.909 bits per heavy atom. The summed E-state index contributed by atoms with van der Waals surface area (Å²) in [6, 6.07) is 0. The molecule has 22 heavy (non-hydrogen) atoms. The van der Waals surface area contributed by atoms with Gasteiger partial charge in [0, 0.05) is 12.6 Å². The Morgan fingerprint density at radius 3 is 1.91 bits per heavy atom. The summed E-state index contributed by atoms with van der Waals surface area (Å²) < 4.78 is 27.4. The fourth-order valence-corrected chi connectivity index (χ4v) is 2.60. The summed E-state index contributed by atoms with van der Waals surface area (Å²) in [6.07, 6.45) is 0. The summed E-state index contributed by atoms with van der Waals surface area (Å²) >= 11 is 0. The maximum Gasteiger partial charge on any atom is 0.356 e. The average molecular weight is 313 g/mol. The van der Waals surface area contributed by atoms with Crippen molar-refractivity contribution in [2.24, 2.45) is 7.05 Å². The molecular weight excluding hydrogens is 296 g/mol. The number of hydrogen-bond acceptors (Lipinski definition) is 3. The van der Waals surface area contributed by atoms with Crippen molar-refractivity contribution >= 4 is 0 Å². The van der Waals surface area contributed by atoms with Crippen LogP contribution in [0.2, 0.25) is 0 Å². The molecule has 0 aliphatic heterocycles. The highest BCUT2D eigenvalue weighted by Gasteiger charge is 2.24. The minimum Gasteiger partial charge on any atom is -0.507 e. The van der Waals surface area contributed by atoms with E-state index >= 15 is 0 Å². The van der Waals surface area contributed by atoms with E-state index < -0.39 is 17.9 Å². The van der Waals surface area contributed by atoms with Gasteiger partial charge >= 0.3 is 17.9 Å². The van der Waals surface area contributed by atoms with Crippen molar-refractivity contribution in [1.82, 2.24) is 13.9 Å². The van der Waals surface area contributed by atoms with E-state index in [-0.39, 0.29) is 16.0 Å². The molecule has 0 saturated heterocycles. The van der Waals surface area contributed by atoms with Crippen LogP contribution in [0.4, 0.5) is 8.78 Å². The zero-order valence-corrected chi connectivity index (χ0v) is 12.9. The Hall–Kier alpha value is -2.38. The van der Waals surface area contributed by atoms with Crippen LogP contribution in [0.15, 0.2) is 9.59 Å². The van der Waals surface area contributed by atoms with Crippen molar-refractivity contribution in [3.05, 3.63) is 43.2 Å². The van der Waals surface area contributed by atoms with Gasteiger partial charge in [-0.05, 0) is 44.4 Å². The third-order valence-electron chi connectivity index (χ3n) is 4.12. The second-order valence-corrected chi connectivity index (χ2v) is 5.25. The summed E-state index contributed by atoms with van der Waals surface area (Å²) in [5.41, 5.74) is 0.339. The van der Waals surface area contributed by atoms with Crippen LogP contribution in [0.3, 0.4) is 0 Å². The molecule has 0 bridgehead atoms. The molecule has 0 fully saturated rings. The average Bonchev–Trinajstić information content (AvgIpc) is 2.67. The number of benzene rings is 1. The predicted octanol–water partition coefficient (Wildman–Crippen LogP) is 1.67. The molecule has 0 spiro atoms. The lowest BCUT2D eigenvalue weighted by atomic mass is 9.97. The van der Waals surface area contributed by atoms with E-state index in [2.05, 4.69) is 0 Å². The fourth-order valence-electron chi connectivity index (χ4n) is 2.60. The first-order chi connectivity index (χ1) is 10.1. The second kappa shape index (κ2) is 5.11. The zero-order valence-electron chi connectivity index (χ0n) is 12.9. The molecule has 1 N–H and O–H groups in total. The van der Waals surface area contributed by atoms with Gasteiger partial charge in [-0.3, -0.25) is 0 Å². The monoisotopic (exact) mass is 313 g/mol. The van der Waals surface area contributed by atoms with Crippen molar-refractivity contribution in [3.8, 4) is 11.4 Å². The summed E-state index contributed by atoms with van der Waals surface area (Å²) in [7, 11) is 1.23. The van der Waals surface area contributed by atoms with E-state index in [0.717, 1.165) is 14.9 Å². The van der Waals surface area contributed by atoms with E-state index in [1.165, 1.54) is 7.05 Å². The molecule has 0 unspecified atom stereocenters. The van der Waals surface area contributed by atoms with Crippen LogP contribution in [0.5, 0.6) is 5.75 Å². The largest absolute Gasteiger partial charge is 0.507 e. The lowest BCUT2D eigenvalue weighted by Crippen LogP contribution is -2.29. The van der Waals surface area contributed by atoms with Crippen LogP contribution < -0.4 is 11.4 Å². The number of hydrogen-bond donors (Lipinski definition) is 1. The third kappa shape index (κ3) is 1.98. The molecule has 0 aliphatic rings. The number of nitrogens with zero attached hydrogens (tertiary/aromatic N) is 3. The molecule has 1 aromatic heterocycles. The molecule has 8 heteroatoms. The number of aromatic hydroxyl groups is 1. The number of phenolic OH excluding ortho intramolecular Hbond substituents is 1. The van der Waals surface area contributed by atoms with E-state index in [9.17, 15) is 23.5 Å². The molecule has 0 radical (unpaired) electrons. The van der Waals surface area contributed by atoms with Crippen molar-refractivity contribution in [2.75, 3.05) is 0 Å². The summed E-state index contributed by atoms with van der Waals surface area (Å²) in [4.78, 5) is 24.1. The molecule has 2 aromatic rings. The van der Waals surface area contributed by atoms with Gasteiger partial charge in [-0.15, -0.1) is 0 Å². The Kier molecular flexibility index (Phi) is 3.72. The van der Waals surface area contributed by atoms with Gasteiger partial charge in [0.15, 0.2) is 0 Å². The van der Waals surface area contributed by atoms with Crippen LogP contribution in [-0.4, -0.2) is 19.0 Å². The highest BCUT2D eigenvalue weighted by atomic mass is 19.3. The van der Waals surface area contributed by atoms with Crippen LogP contribution in [0.25, 0.3) is 5.69 Å². The van der Waals surface area contributed by atoms with Gasteiger partial charge in [-0.2, -0.15) is 18.0 Å². The molecular formula is C14H17F2N3O3. The molecule has 0 atom stereocenters. The highest BCUT2D eigenvalue weighted by Crippen LogP contribution is 2.33. The van der Waals surface area contributed by atoms with Crippen LogP contribution in [0, 0.1) is 27.7 Å². The van der Waals surface area contributed by atoms with Crippen molar-refractivity contribution in [3.63, 3.8) is 0 Å². The zero-order chi connectivity index (χ0) is 16.9. The Bertz CT molecular complexity index is 846. The standard InChI is InChI=1S/C14H17F2N3O3/c1-6-7(2)10(9(4)11(20)8(6)3)19-14(22)18(12(15)16)13(21)17(19)5/h12,20H,1-5H3. The molecule has 1 aromatic carbocycles. The van der Waals surface area contributed by atoms with Crippen molar-refractivity contribution < 1.29 is 13.9 Å². The minimum atomic E-state index is -3.23. The first kappa shape index (κ1) is 16.0. The molecule has 2 rings (SSSR count). The van der Waals surface area contributed by atoms with E-state index in [4.69, 9.17) is 0 Å². The molecule has 120 valence electrons. The normalized spacial score (nSPS) is 11.5. The second-order valence-electron chi connectivity index (χ2n) is 5.25. The topological polar surface area (TPSA) is 69.2 Å². The molecule has 0 aliphatic carbocycles. The number of phenols is 1.